The van der Waals surface area contributed by atoms with E-state index in [1.807, 2.05) is 24.4 Å². The Bertz CT molecular complexity index is 2510. The molecule has 2 aromatic carbocycles. The molecule has 0 bridgehead atoms. The Balaban J connectivity index is 0.783. The number of amides is 3. The molecule has 1 unspecified atom stereocenters. The number of imide groups is 1. The molecular weight excluding hydrogens is 838 g/mol. The van der Waals surface area contributed by atoms with Crippen molar-refractivity contribution < 1.29 is 33.4 Å². The third-order valence-electron chi connectivity index (χ3n) is 15.0. The summed E-state index contributed by atoms with van der Waals surface area (Å²) in [5.74, 6) is 0.0723. The third-order valence-corrected chi connectivity index (χ3v) is 15.0. The van der Waals surface area contributed by atoms with Crippen LogP contribution in [0.3, 0.4) is 0 Å². The Kier molecular flexibility index (Phi) is 11.8. The highest BCUT2D eigenvalue weighted by Crippen LogP contribution is 2.42. The van der Waals surface area contributed by atoms with Gasteiger partial charge in [0.1, 0.15) is 17.7 Å². The zero-order valence-electron chi connectivity index (χ0n) is 38.9. The molecule has 2 aromatic heterocycles. The number of allylic oxidation sites excluding steroid dienone is 1. The number of anilines is 2. The fourth-order valence-electron chi connectivity index (χ4n) is 11.9. The molecule has 0 aliphatic carbocycles. The summed E-state index contributed by atoms with van der Waals surface area (Å²) >= 11 is 0. The standard InChI is InChI=1S/C52H64FN7O6/c1-50(2)28-34(29-51(3,4)66-50)25-41(35-5-9-44-42(27-35)43(53)32-59(44)38-13-23-65-24-14-38)36-6-11-46(54-30-36)58-17-15-52(64,16-18-58)33-56-19-21-57(22-20-56)39-7-8-40-37(26-39)31-60(49(40)63)45-10-12-47(61)55-48(45)62/h5-9,11,25-27,30,32,34,38,45,64H,10,12-24,28-29,31,33H2,1-4H3,(H,55,61,62). The van der Waals surface area contributed by atoms with Crippen molar-refractivity contribution in [2.24, 2.45) is 5.92 Å². The number of pyridine rings is 1. The molecule has 0 spiro atoms. The Labute approximate surface area is 386 Å². The zero-order valence-corrected chi connectivity index (χ0v) is 38.9. The van der Waals surface area contributed by atoms with E-state index < -0.39 is 17.6 Å². The number of piperidine rings is 2. The number of hydrogen-bond acceptors (Lipinski definition) is 10. The Hall–Kier alpha value is -5.15. The number of nitrogens with zero attached hydrogens (tertiary/aromatic N) is 6. The van der Waals surface area contributed by atoms with Crippen molar-refractivity contribution in [1.29, 1.82) is 0 Å². The summed E-state index contributed by atoms with van der Waals surface area (Å²) in [6.45, 7) is 15.6. The van der Waals surface area contributed by atoms with Gasteiger partial charge in [-0.3, -0.25) is 24.6 Å². The lowest BCUT2D eigenvalue weighted by molar-refractivity contribution is -0.166. The molecule has 2 N–H and O–H groups in total. The van der Waals surface area contributed by atoms with Crippen molar-refractivity contribution >= 4 is 45.7 Å². The van der Waals surface area contributed by atoms with Gasteiger partial charge in [-0.2, -0.15) is 0 Å². The van der Waals surface area contributed by atoms with Gasteiger partial charge in [-0.1, -0.05) is 12.1 Å². The van der Waals surface area contributed by atoms with Crippen molar-refractivity contribution in [1.82, 2.24) is 24.7 Å². The van der Waals surface area contributed by atoms with E-state index in [1.54, 1.807) is 11.1 Å². The van der Waals surface area contributed by atoms with Crippen LogP contribution in [0.25, 0.3) is 16.5 Å². The highest BCUT2D eigenvalue weighted by atomic mass is 19.1. The van der Waals surface area contributed by atoms with Crippen LogP contribution in [-0.4, -0.2) is 124 Å². The number of aromatic nitrogens is 2. The third kappa shape index (κ3) is 9.13. The van der Waals surface area contributed by atoms with Gasteiger partial charge in [-0.15, -0.1) is 0 Å². The van der Waals surface area contributed by atoms with Crippen LogP contribution in [0.5, 0.6) is 0 Å². The van der Waals surface area contributed by atoms with E-state index in [0.29, 0.717) is 69.6 Å². The molecule has 10 rings (SSSR count). The fraction of sp³-hybridized carbons (Fsp3) is 0.538. The second-order valence-electron chi connectivity index (χ2n) is 21.0. The van der Waals surface area contributed by atoms with Gasteiger partial charge in [-0.05, 0) is 138 Å². The molecular formula is C52H64FN7O6. The largest absolute Gasteiger partial charge is 0.388 e. The second kappa shape index (κ2) is 17.5. The number of β-amino-alcohol motifs (C(OH)–C–C–N with tert-alkyl or cyclic N) is 1. The molecule has 3 amide bonds. The molecule has 350 valence electrons. The second-order valence-corrected chi connectivity index (χ2v) is 21.0. The summed E-state index contributed by atoms with van der Waals surface area (Å²) in [6.07, 6.45) is 11.3. The number of carbonyl (C=O) groups excluding carboxylic acids is 3. The SMILES string of the molecule is CC1(C)CC(C=C(c2ccc(N3CCC(O)(CN4CCN(c5ccc6c(c5)CN(C5CCC(=O)NC5=O)C6=O)CC4)CC3)nc2)c2ccc3c(c2)c(F)cn3C2CCOCC2)CC(C)(C)O1. The zero-order chi connectivity index (χ0) is 46.0. The Morgan fingerprint density at radius 1 is 0.879 bits per heavy atom. The van der Waals surface area contributed by atoms with Gasteiger partial charge in [0, 0.05) is 113 Å². The van der Waals surface area contributed by atoms with E-state index in [4.69, 9.17) is 14.5 Å². The number of ether oxygens (including phenoxy) is 2. The number of piperazine rings is 1. The van der Waals surface area contributed by atoms with Gasteiger partial charge in [0.05, 0.1) is 22.3 Å². The summed E-state index contributed by atoms with van der Waals surface area (Å²) in [5.41, 5.74) is 5.11. The van der Waals surface area contributed by atoms with E-state index in [1.165, 1.54) is 0 Å². The van der Waals surface area contributed by atoms with Crippen LogP contribution in [0, 0.1) is 11.7 Å². The van der Waals surface area contributed by atoms with Crippen LogP contribution in [0.15, 0.2) is 67.0 Å². The van der Waals surface area contributed by atoms with Gasteiger partial charge >= 0.3 is 0 Å². The minimum Gasteiger partial charge on any atom is -0.388 e. The first kappa shape index (κ1) is 44.7. The smallest absolute Gasteiger partial charge is 0.255 e. The lowest BCUT2D eigenvalue weighted by Crippen LogP contribution is -2.55. The average molecular weight is 902 g/mol. The van der Waals surface area contributed by atoms with Gasteiger partial charge < -0.3 is 33.8 Å². The molecule has 6 aliphatic rings. The van der Waals surface area contributed by atoms with Crippen LogP contribution < -0.4 is 15.1 Å². The van der Waals surface area contributed by atoms with Gasteiger partial charge in [0.2, 0.25) is 11.8 Å². The predicted molar refractivity (Wildman–Crippen MR) is 252 cm³/mol. The monoisotopic (exact) mass is 901 g/mol. The maximum absolute atomic E-state index is 15.8. The molecule has 6 aliphatic heterocycles. The number of benzene rings is 2. The number of nitrogens with one attached hydrogen (secondary N) is 1. The quantitative estimate of drug-likeness (QED) is 0.172. The molecule has 4 aromatic rings. The van der Waals surface area contributed by atoms with Crippen LogP contribution in [0.2, 0.25) is 0 Å². The first-order valence-electron chi connectivity index (χ1n) is 24.1. The highest BCUT2D eigenvalue weighted by molar-refractivity contribution is 6.05. The fourth-order valence-corrected chi connectivity index (χ4v) is 11.9. The van der Waals surface area contributed by atoms with Crippen molar-refractivity contribution in [2.45, 2.75) is 114 Å². The maximum atomic E-state index is 15.8. The van der Waals surface area contributed by atoms with Crippen molar-refractivity contribution in [3.8, 4) is 0 Å². The van der Waals surface area contributed by atoms with Crippen molar-refractivity contribution in [3.63, 3.8) is 0 Å². The van der Waals surface area contributed by atoms with Crippen molar-refractivity contribution in [3.05, 3.63) is 95.1 Å². The highest BCUT2D eigenvalue weighted by Gasteiger charge is 2.41. The number of aliphatic hydroxyl groups is 1. The number of fused-ring (bicyclic) bond motifs is 2. The Morgan fingerprint density at radius 3 is 2.30 bits per heavy atom. The van der Waals surface area contributed by atoms with Crippen LogP contribution >= 0.6 is 0 Å². The topological polar surface area (TPSA) is 133 Å². The van der Waals surface area contributed by atoms with Gasteiger partial charge in [0.15, 0.2) is 0 Å². The summed E-state index contributed by atoms with van der Waals surface area (Å²) in [4.78, 5) is 51.0. The molecule has 8 heterocycles. The molecule has 13 nitrogen and oxygen atoms in total. The minimum atomic E-state index is -0.801. The van der Waals surface area contributed by atoms with Crippen LogP contribution in [-0.2, 0) is 25.6 Å². The summed E-state index contributed by atoms with van der Waals surface area (Å²) in [6, 6.07) is 16.0. The minimum absolute atomic E-state index is 0.163. The van der Waals surface area contributed by atoms with Gasteiger partial charge in [0.25, 0.3) is 5.91 Å². The van der Waals surface area contributed by atoms with Gasteiger partial charge in [-0.25, -0.2) is 9.37 Å². The number of halogens is 1. The normalized spacial score (nSPS) is 24.3. The molecule has 0 saturated carbocycles. The molecule has 0 radical (unpaired) electrons. The number of carbonyl (C=O) groups is 3. The van der Waals surface area contributed by atoms with E-state index in [0.717, 1.165) is 91.1 Å². The van der Waals surface area contributed by atoms with E-state index in [9.17, 15) is 19.5 Å². The molecule has 66 heavy (non-hydrogen) atoms. The van der Waals surface area contributed by atoms with Crippen molar-refractivity contribution in [2.75, 3.05) is 68.8 Å². The Morgan fingerprint density at radius 2 is 1.61 bits per heavy atom. The maximum Gasteiger partial charge on any atom is 0.255 e. The lowest BCUT2D eigenvalue weighted by atomic mass is 9.79. The van der Waals surface area contributed by atoms with E-state index >= 15 is 4.39 Å². The number of rotatable bonds is 9. The van der Waals surface area contributed by atoms with E-state index in [2.05, 4.69) is 88.7 Å². The number of hydrogen-bond donors (Lipinski definition) is 2. The van der Waals surface area contributed by atoms with E-state index in [-0.39, 0.29) is 47.2 Å². The molecule has 5 saturated heterocycles. The first-order valence-corrected chi connectivity index (χ1v) is 24.1. The lowest BCUT2D eigenvalue weighted by Gasteiger charge is -2.45. The molecule has 14 heteroatoms. The predicted octanol–water partition coefficient (Wildman–Crippen LogP) is 6.86. The molecule has 5 fully saturated rings. The average Bonchev–Trinajstić information content (AvgIpc) is 3.80. The van der Waals surface area contributed by atoms with Crippen LogP contribution in [0.1, 0.15) is 112 Å². The summed E-state index contributed by atoms with van der Waals surface area (Å²) < 4.78 is 29.9. The molecule has 1 atom stereocenters. The van der Waals surface area contributed by atoms with Crippen LogP contribution in [0.4, 0.5) is 15.9 Å². The summed E-state index contributed by atoms with van der Waals surface area (Å²) in [5, 5.41) is 14.9. The first-order chi connectivity index (χ1) is 31.6. The summed E-state index contributed by atoms with van der Waals surface area (Å²) in [7, 11) is 0.